The Morgan fingerprint density at radius 3 is 3.05 bits per heavy atom. The van der Waals surface area contributed by atoms with Crippen molar-refractivity contribution in [3.8, 4) is 0 Å². The lowest BCUT2D eigenvalue weighted by Crippen LogP contribution is -2.47. The summed E-state index contributed by atoms with van der Waals surface area (Å²) in [6.45, 7) is 5.72. The summed E-state index contributed by atoms with van der Waals surface area (Å²) in [7, 11) is 0. The maximum atomic E-state index is 12.3. The third-order valence-corrected chi connectivity index (χ3v) is 3.91. The van der Waals surface area contributed by atoms with Gasteiger partial charge in [-0.15, -0.1) is 0 Å². The van der Waals surface area contributed by atoms with Crippen molar-refractivity contribution < 1.29 is 4.79 Å². The minimum atomic E-state index is -0.338. The maximum absolute atomic E-state index is 12.3. The second-order valence-corrected chi connectivity index (χ2v) is 5.35. The Kier molecular flexibility index (Phi) is 4.58. The summed E-state index contributed by atoms with van der Waals surface area (Å²) in [4.78, 5) is 18.5. The van der Waals surface area contributed by atoms with E-state index in [1.807, 2.05) is 18.0 Å². The molecule has 1 aliphatic heterocycles. The first kappa shape index (κ1) is 14.1. The summed E-state index contributed by atoms with van der Waals surface area (Å²) in [5.41, 5.74) is 5.96. The zero-order chi connectivity index (χ0) is 13.8. The zero-order valence-electron chi connectivity index (χ0n) is 11.9. The van der Waals surface area contributed by atoms with Gasteiger partial charge >= 0.3 is 0 Å². The minimum Gasteiger partial charge on any atom is -0.337 e. The van der Waals surface area contributed by atoms with Crippen LogP contribution in [0.5, 0.6) is 0 Å². The number of aryl methyl sites for hydroxylation is 1. The molecule has 2 unspecified atom stereocenters. The van der Waals surface area contributed by atoms with Crippen LogP contribution in [0.2, 0.25) is 0 Å². The quantitative estimate of drug-likeness (QED) is 0.872. The van der Waals surface area contributed by atoms with Gasteiger partial charge in [-0.05, 0) is 26.2 Å². The molecule has 1 aliphatic rings. The van der Waals surface area contributed by atoms with Crippen molar-refractivity contribution in [2.45, 2.75) is 58.2 Å². The molecule has 1 amide bonds. The van der Waals surface area contributed by atoms with Crippen molar-refractivity contribution in [2.75, 3.05) is 6.54 Å². The smallest absolute Gasteiger partial charge is 0.239 e. The predicted octanol–water partition coefficient (Wildman–Crippen LogP) is 1.31. The van der Waals surface area contributed by atoms with Crippen LogP contribution in [0.1, 0.15) is 38.4 Å². The number of rotatable bonds is 5. The zero-order valence-corrected chi connectivity index (χ0v) is 11.9. The molecule has 0 aromatic carbocycles. The molecule has 2 heterocycles. The van der Waals surface area contributed by atoms with Crippen molar-refractivity contribution in [3.63, 3.8) is 0 Å². The van der Waals surface area contributed by atoms with Gasteiger partial charge in [-0.1, -0.05) is 13.3 Å². The Hall–Kier alpha value is -1.36. The first-order chi connectivity index (χ1) is 9.13. The lowest BCUT2D eigenvalue weighted by atomic mass is 10.1. The van der Waals surface area contributed by atoms with Gasteiger partial charge in [-0.25, -0.2) is 4.98 Å². The number of amides is 1. The fourth-order valence-corrected chi connectivity index (χ4v) is 2.79. The SMILES string of the molecule is CCCC(N)C(=O)N1CCCC1Cn1ccnc1C. The highest BCUT2D eigenvalue weighted by atomic mass is 16.2. The molecule has 0 saturated carbocycles. The van der Waals surface area contributed by atoms with Crippen LogP contribution in [0.15, 0.2) is 12.4 Å². The second kappa shape index (κ2) is 6.19. The number of carbonyl (C=O) groups excluding carboxylic acids is 1. The van der Waals surface area contributed by atoms with Crippen LogP contribution in [-0.4, -0.2) is 39.0 Å². The van der Waals surface area contributed by atoms with E-state index in [0.29, 0.717) is 0 Å². The number of hydrogen-bond donors (Lipinski definition) is 1. The van der Waals surface area contributed by atoms with Crippen molar-refractivity contribution in [3.05, 3.63) is 18.2 Å². The Balaban J connectivity index is 2.01. The van der Waals surface area contributed by atoms with Crippen LogP contribution in [0.4, 0.5) is 0 Å². The fourth-order valence-electron chi connectivity index (χ4n) is 2.79. The van der Waals surface area contributed by atoms with E-state index >= 15 is 0 Å². The summed E-state index contributed by atoms with van der Waals surface area (Å²) in [5, 5.41) is 0. The van der Waals surface area contributed by atoms with E-state index in [1.54, 1.807) is 6.20 Å². The lowest BCUT2D eigenvalue weighted by Gasteiger charge is -2.28. The minimum absolute atomic E-state index is 0.113. The number of carbonyl (C=O) groups is 1. The van der Waals surface area contributed by atoms with Crippen LogP contribution in [-0.2, 0) is 11.3 Å². The number of nitrogens with zero attached hydrogens (tertiary/aromatic N) is 3. The van der Waals surface area contributed by atoms with Crippen molar-refractivity contribution in [2.24, 2.45) is 5.73 Å². The third kappa shape index (κ3) is 3.15. The molecule has 0 aliphatic carbocycles. The average Bonchev–Trinajstić information content (AvgIpc) is 2.99. The summed E-state index contributed by atoms with van der Waals surface area (Å²) < 4.78 is 2.11. The number of imidazole rings is 1. The van der Waals surface area contributed by atoms with Crippen LogP contribution >= 0.6 is 0 Å². The maximum Gasteiger partial charge on any atom is 0.239 e. The van der Waals surface area contributed by atoms with E-state index < -0.39 is 0 Å². The highest BCUT2D eigenvalue weighted by Crippen LogP contribution is 2.20. The molecule has 0 radical (unpaired) electrons. The first-order valence-electron chi connectivity index (χ1n) is 7.17. The molecule has 2 rings (SSSR count). The Labute approximate surface area is 114 Å². The summed E-state index contributed by atoms with van der Waals surface area (Å²) in [5.74, 6) is 1.11. The van der Waals surface area contributed by atoms with Gasteiger partial charge in [0.05, 0.1) is 6.04 Å². The molecule has 0 bridgehead atoms. The van der Waals surface area contributed by atoms with Gasteiger partial charge in [0.15, 0.2) is 0 Å². The van der Waals surface area contributed by atoms with Crippen molar-refractivity contribution in [1.29, 1.82) is 0 Å². The predicted molar refractivity (Wildman–Crippen MR) is 74.6 cm³/mol. The van der Waals surface area contributed by atoms with Gasteiger partial charge in [0, 0.05) is 31.5 Å². The Morgan fingerprint density at radius 1 is 1.63 bits per heavy atom. The molecule has 1 aromatic rings. The van der Waals surface area contributed by atoms with Crippen LogP contribution in [0.3, 0.4) is 0 Å². The van der Waals surface area contributed by atoms with Gasteiger partial charge < -0.3 is 15.2 Å². The lowest BCUT2D eigenvalue weighted by molar-refractivity contribution is -0.133. The standard InChI is InChI=1S/C14H24N4O/c1-3-5-13(15)14(19)18-8-4-6-12(18)10-17-9-7-16-11(17)2/h7,9,12-13H,3-6,8,10,15H2,1-2H3. The molecule has 2 N–H and O–H groups in total. The molecule has 1 saturated heterocycles. The third-order valence-electron chi connectivity index (χ3n) is 3.91. The van der Waals surface area contributed by atoms with E-state index in [9.17, 15) is 4.79 Å². The monoisotopic (exact) mass is 264 g/mol. The average molecular weight is 264 g/mol. The van der Waals surface area contributed by atoms with E-state index in [0.717, 1.165) is 44.6 Å². The number of aromatic nitrogens is 2. The number of hydrogen-bond acceptors (Lipinski definition) is 3. The largest absolute Gasteiger partial charge is 0.337 e. The van der Waals surface area contributed by atoms with Gasteiger partial charge in [-0.2, -0.15) is 0 Å². The molecule has 1 fully saturated rings. The normalized spacial score (nSPS) is 20.8. The van der Waals surface area contributed by atoms with Crippen LogP contribution in [0, 0.1) is 6.92 Å². The van der Waals surface area contributed by atoms with Crippen molar-refractivity contribution in [1.82, 2.24) is 14.5 Å². The molecule has 1 aromatic heterocycles. The van der Waals surface area contributed by atoms with Gasteiger partial charge in [0.2, 0.25) is 5.91 Å². The molecule has 5 heteroatoms. The van der Waals surface area contributed by atoms with Gasteiger partial charge in [0.25, 0.3) is 0 Å². The van der Waals surface area contributed by atoms with Crippen molar-refractivity contribution >= 4 is 5.91 Å². The summed E-state index contributed by atoms with van der Waals surface area (Å²) in [6.07, 6.45) is 7.63. The molecule has 106 valence electrons. The summed E-state index contributed by atoms with van der Waals surface area (Å²) in [6, 6.07) is -0.0715. The van der Waals surface area contributed by atoms with E-state index in [-0.39, 0.29) is 18.0 Å². The fraction of sp³-hybridized carbons (Fsp3) is 0.714. The molecule has 19 heavy (non-hydrogen) atoms. The highest BCUT2D eigenvalue weighted by Gasteiger charge is 2.31. The Bertz CT molecular complexity index is 429. The first-order valence-corrected chi connectivity index (χ1v) is 7.17. The summed E-state index contributed by atoms with van der Waals surface area (Å²) >= 11 is 0. The van der Waals surface area contributed by atoms with Crippen LogP contribution in [0.25, 0.3) is 0 Å². The van der Waals surface area contributed by atoms with E-state index in [4.69, 9.17) is 5.73 Å². The topological polar surface area (TPSA) is 64.2 Å². The van der Waals surface area contributed by atoms with Crippen LogP contribution < -0.4 is 5.73 Å². The number of likely N-dealkylation sites (tertiary alicyclic amines) is 1. The highest BCUT2D eigenvalue weighted by molar-refractivity contribution is 5.82. The van der Waals surface area contributed by atoms with Gasteiger partial charge in [0.1, 0.15) is 5.82 Å². The number of nitrogens with two attached hydrogens (primary N) is 1. The molecule has 0 spiro atoms. The molecular weight excluding hydrogens is 240 g/mol. The van der Waals surface area contributed by atoms with E-state index in [1.165, 1.54) is 0 Å². The molecule has 2 atom stereocenters. The Morgan fingerprint density at radius 2 is 2.42 bits per heavy atom. The van der Waals surface area contributed by atoms with Gasteiger partial charge in [-0.3, -0.25) is 4.79 Å². The second-order valence-electron chi connectivity index (χ2n) is 5.35. The molecule has 5 nitrogen and oxygen atoms in total. The molecular formula is C14H24N4O. The van der Waals surface area contributed by atoms with E-state index in [2.05, 4.69) is 16.5 Å².